The highest BCUT2D eigenvalue weighted by Gasteiger charge is 2.29. The molecule has 1 rings (SSSR count). The molecule has 0 aliphatic carbocycles. The lowest BCUT2D eigenvalue weighted by Crippen LogP contribution is -2.54. The van der Waals surface area contributed by atoms with Gasteiger partial charge in [0.1, 0.15) is 0 Å². The second kappa shape index (κ2) is 6.14. The van der Waals surface area contributed by atoms with Gasteiger partial charge in [0, 0.05) is 18.7 Å². The van der Waals surface area contributed by atoms with E-state index >= 15 is 0 Å². The summed E-state index contributed by atoms with van der Waals surface area (Å²) in [7, 11) is 0. The third-order valence-electron chi connectivity index (χ3n) is 2.12. The van der Waals surface area contributed by atoms with Gasteiger partial charge in [0.2, 0.25) is 11.8 Å². The first-order chi connectivity index (χ1) is 8.10. The first kappa shape index (κ1) is 13.4. The van der Waals surface area contributed by atoms with Crippen LogP contribution in [-0.4, -0.2) is 40.3 Å². The molecule has 1 heterocycles. The van der Waals surface area contributed by atoms with Crippen LogP contribution in [0.15, 0.2) is 5.29 Å². The lowest BCUT2D eigenvalue weighted by atomic mass is 10.1. The van der Waals surface area contributed by atoms with Crippen molar-refractivity contribution in [1.29, 1.82) is 0 Å². The van der Waals surface area contributed by atoms with Crippen LogP contribution in [0.3, 0.4) is 0 Å². The van der Waals surface area contributed by atoms with Crippen LogP contribution in [0.2, 0.25) is 0 Å². The summed E-state index contributed by atoms with van der Waals surface area (Å²) in [6.07, 6.45) is 0.813. The molecule has 0 spiro atoms. The Balaban J connectivity index is 2.62. The molecule has 0 bridgehead atoms. The summed E-state index contributed by atoms with van der Waals surface area (Å²) < 4.78 is 0. The Bertz CT molecular complexity index is 332. The van der Waals surface area contributed by atoms with Crippen LogP contribution < -0.4 is 5.43 Å². The number of rotatable bonds is 4. The zero-order valence-corrected chi connectivity index (χ0v) is 9.64. The molecule has 1 N–H and O–H groups in total. The van der Waals surface area contributed by atoms with Gasteiger partial charge in [-0.25, -0.2) is 10.2 Å². The van der Waals surface area contributed by atoms with Crippen molar-refractivity contribution < 1.29 is 14.4 Å². The average molecular weight is 263 g/mol. The van der Waals surface area contributed by atoms with Crippen molar-refractivity contribution in [3.63, 3.8) is 0 Å². The number of hydrazine groups is 1. The van der Waals surface area contributed by atoms with E-state index in [0.717, 1.165) is 0 Å². The van der Waals surface area contributed by atoms with Crippen LogP contribution in [0.25, 0.3) is 0 Å². The van der Waals surface area contributed by atoms with Crippen LogP contribution in [-0.2, 0) is 9.59 Å². The van der Waals surface area contributed by atoms with Gasteiger partial charge in [-0.1, -0.05) is 0 Å². The number of imide groups is 1. The van der Waals surface area contributed by atoms with Crippen molar-refractivity contribution in [1.82, 2.24) is 15.4 Å². The summed E-state index contributed by atoms with van der Waals surface area (Å²) in [5, 5.41) is 3.54. The van der Waals surface area contributed by atoms with E-state index in [9.17, 15) is 19.3 Å². The second-order valence-corrected chi connectivity index (χ2v) is 3.67. The minimum absolute atomic E-state index is 0.0149. The molecule has 0 aromatic rings. The van der Waals surface area contributed by atoms with Gasteiger partial charge >= 0.3 is 6.03 Å². The highest BCUT2D eigenvalue weighted by Crippen LogP contribution is 2.10. The summed E-state index contributed by atoms with van der Waals surface area (Å²) in [5.41, 5.74) is 2.02. The number of piperidine rings is 1. The first-order valence-corrected chi connectivity index (χ1v) is 5.46. The topological polar surface area (TPSA) is 99.2 Å². The van der Waals surface area contributed by atoms with Crippen molar-refractivity contribution >= 4 is 29.4 Å². The van der Waals surface area contributed by atoms with Gasteiger partial charge in [-0.3, -0.25) is 9.59 Å². The number of halogens is 1. The fourth-order valence-electron chi connectivity index (χ4n) is 1.29. The van der Waals surface area contributed by atoms with Crippen LogP contribution in [0.1, 0.15) is 19.3 Å². The highest BCUT2D eigenvalue weighted by atomic mass is 35.5. The van der Waals surface area contributed by atoms with Crippen LogP contribution in [0.5, 0.6) is 0 Å². The van der Waals surface area contributed by atoms with Gasteiger partial charge < -0.3 is 0 Å². The predicted octanol–water partition coefficient (Wildman–Crippen LogP) is 0.372. The van der Waals surface area contributed by atoms with E-state index in [0.29, 0.717) is 16.4 Å². The maximum Gasteiger partial charge on any atom is 0.359 e. The molecule has 1 aliphatic rings. The molecule has 1 saturated heterocycles. The Hall–Kier alpha value is -1.70. The fourth-order valence-corrected chi connectivity index (χ4v) is 1.45. The first-order valence-electron chi connectivity index (χ1n) is 4.93. The molecule has 0 radical (unpaired) electrons. The molecule has 0 aromatic heterocycles. The van der Waals surface area contributed by atoms with E-state index in [1.54, 1.807) is 0 Å². The van der Waals surface area contributed by atoms with Crippen molar-refractivity contribution in [3.8, 4) is 0 Å². The van der Waals surface area contributed by atoms with E-state index in [1.807, 2.05) is 5.43 Å². The molecule has 4 amide bonds. The van der Waals surface area contributed by atoms with E-state index in [-0.39, 0.29) is 25.3 Å². The Kier molecular flexibility index (Phi) is 4.83. The maximum atomic E-state index is 11.4. The third kappa shape index (κ3) is 3.38. The lowest BCUT2D eigenvalue weighted by Gasteiger charge is -2.26. The number of carbonyl (C=O) groups excluding carboxylic acids is 3. The molecular weight excluding hydrogens is 252 g/mol. The Morgan fingerprint density at radius 3 is 2.47 bits per heavy atom. The number of alkyl halides is 1. The Morgan fingerprint density at radius 2 is 2.00 bits per heavy atom. The second-order valence-electron chi connectivity index (χ2n) is 3.29. The lowest BCUT2D eigenvalue weighted by molar-refractivity contribution is -0.151. The number of carbonyl (C=O) groups is 3. The van der Waals surface area contributed by atoms with Crippen molar-refractivity contribution in [2.45, 2.75) is 19.3 Å². The van der Waals surface area contributed by atoms with Crippen molar-refractivity contribution in [3.05, 3.63) is 4.91 Å². The number of nitrogens with zero attached hydrogens (tertiary/aromatic N) is 3. The summed E-state index contributed by atoms with van der Waals surface area (Å²) in [6, 6.07) is -0.954. The smallest absolute Gasteiger partial charge is 0.273 e. The van der Waals surface area contributed by atoms with Gasteiger partial charge in [-0.05, 0) is 6.42 Å². The maximum absolute atomic E-state index is 11.4. The predicted molar refractivity (Wildman–Crippen MR) is 57.5 cm³/mol. The molecular formula is C8H11ClN4O4. The monoisotopic (exact) mass is 262 g/mol. The zero-order chi connectivity index (χ0) is 12.8. The van der Waals surface area contributed by atoms with E-state index in [2.05, 4.69) is 5.29 Å². The third-order valence-corrected chi connectivity index (χ3v) is 2.29. The standard InChI is InChI=1S/C8H11ClN4O4/c9-4-5-12(11-17)8(16)10-13-6(14)2-1-3-7(13)15/h1-5H2,(H,10,16). The SMILES string of the molecule is O=NN(CCCl)C(=O)NN1C(=O)CCCC1=O. The molecule has 8 nitrogen and oxygen atoms in total. The molecule has 9 heteroatoms. The number of hydrogen-bond donors (Lipinski definition) is 1. The number of nitroso groups, excluding NO2 is 1. The molecule has 0 unspecified atom stereocenters. The highest BCUT2D eigenvalue weighted by molar-refractivity contribution is 6.18. The fraction of sp³-hybridized carbons (Fsp3) is 0.625. The zero-order valence-electron chi connectivity index (χ0n) is 8.89. The van der Waals surface area contributed by atoms with E-state index in [1.165, 1.54) is 0 Å². The molecule has 1 fully saturated rings. The summed E-state index contributed by atoms with van der Waals surface area (Å²) in [4.78, 5) is 44.4. The van der Waals surface area contributed by atoms with Crippen LogP contribution in [0, 0.1) is 4.91 Å². The molecule has 0 aromatic carbocycles. The number of amides is 4. The Morgan fingerprint density at radius 1 is 1.41 bits per heavy atom. The van der Waals surface area contributed by atoms with Gasteiger partial charge in [0.05, 0.1) is 11.8 Å². The molecule has 17 heavy (non-hydrogen) atoms. The van der Waals surface area contributed by atoms with Gasteiger partial charge in [-0.2, -0.15) is 10.0 Å². The summed E-state index contributed by atoms with van der Waals surface area (Å²) >= 11 is 5.35. The van der Waals surface area contributed by atoms with Gasteiger partial charge in [0.15, 0.2) is 0 Å². The minimum Gasteiger partial charge on any atom is -0.273 e. The minimum atomic E-state index is -0.954. The molecule has 94 valence electrons. The number of urea groups is 1. The Labute approximate surface area is 102 Å². The summed E-state index contributed by atoms with van der Waals surface area (Å²) in [5.74, 6) is -1.00. The molecule has 0 saturated carbocycles. The number of nitrogens with one attached hydrogen (secondary N) is 1. The normalized spacial score (nSPS) is 15.7. The molecule has 1 aliphatic heterocycles. The van der Waals surface area contributed by atoms with Crippen LogP contribution in [0.4, 0.5) is 4.79 Å². The van der Waals surface area contributed by atoms with Crippen LogP contribution >= 0.6 is 11.6 Å². The van der Waals surface area contributed by atoms with Crippen molar-refractivity contribution in [2.24, 2.45) is 5.29 Å². The number of hydrogen-bond acceptors (Lipinski definition) is 5. The molecule has 0 atom stereocenters. The largest absolute Gasteiger partial charge is 0.359 e. The average Bonchev–Trinajstić information content (AvgIpc) is 2.30. The van der Waals surface area contributed by atoms with Gasteiger partial charge in [-0.15, -0.1) is 16.5 Å². The van der Waals surface area contributed by atoms with Crippen molar-refractivity contribution in [2.75, 3.05) is 12.4 Å². The van der Waals surface area contributed by atoms with Gasteiger partial charge in [0.25, 0.3) is 0 Å². The quantitative estimate of drug-likeness (QED) is 0.342. The van der Waals surface area contributed by atoms with E-state index in [4.69, 9.17) is 11.6 Å². The van der Waals surface area contributed by atoms with E-state index < -0.39 is 17.8 Å². The summed E-state index contributed by atoms with van der Waals surface area (Å²) in [6.45, 7) is -0.104.